The number of ether oxygens (including phenoxy) is 4. The number of likely N-dealkylation sites (tertiary alicyclic amines) is 1. The monoisotopic (exact) mass is 818 g/mol. The number of carbonyl (C=O) groups is 4. The van der Waals surface area contributed by atoms with E-state index >= 15 is 0 Å². The van der Waals surface area contributed by atoms with Gasteiger partial charge < -0.3 is 49.3 Å². The van der Waals surface area contributed by atoms with Gasteiger partial charge in [-0.2, -0.15) is 0 Å². The van der Waals surface area contributed by atoms with Gasteiger partial charge in [-0.15, -0.1) is 0 Å². The third kappa shape index (κ3) is 6.85. The largest absolute Gasteiger partial charge is 0.488 e. The van der Waals surface area contributed by atoms with E-state index in [9.17, 15) is 19.2 Å². The molecule has 0 bridgehead atoms. The summed E-state index contributed by atoms with van der Waals surface area (Å²) in [5.41, 5.74) is 6.56. The maximum atomic E-state index is 13.8. The maximum Gasteiger partial charge on any atom is 0.407 e. The molecule has 6 heterocycles. The Balaban J connectivity index is 0.970. The fraction of sp³-hybridized carbons (Fsp3) is 0.455. The van der Waals surface area contributed by atoms with Crippen LogP contribution < -0.4 is 15.4 Å². The Kier molecular flexibility index (Phi) is 10.3. The number of carbonyl (C=O) groups excluding carboxylic acids is 4. The molecule has 60 heavy (non-hydrogen) atoms. The maximum absolute atomic E-state index is 13.8. The first-order valence-electron chi connectivity index (χ1n) is 20.7. The number of H-pyrrole nitrogens is 2. The highest BCUT2D eigenvalue weighted by atomic mass is 16.5. The number of benzene rings is 3. The van der Waals surface area contributed by atoms with Crippen molar-refractivity contribution in [2.75, 3.05) is 34.5 Å². The fourth-order valence-electron chi connectivity index (χ4n) is 9.89. The number of imidazole rings is 2. The van der Waals surface area contributed by atoms with Crippen LogP contribution in [-0.4, -0.2) is 106 Å². The van der Waals surface area contributed by atoms with Crippen molar-refractivity contribution in [1.29, 1.82) is 0 Å². The first kappa shape index (κ1) is 39.3. The molecule has 4 aliphatic heterocycles. The molecule has 0 aliphatic carbocycles. The van der Waals surface area contributed by atoms with Crippen LogP contribution in [0.2, 0.25) is 0 Å². The smallest absolute Gasteiger partial charge is 0.407 e. The molecule has 3 fully saturated rings. The van der Waals surface area contributed by atoms with Crippen LogP contribution in [0.4, 0.5) is 9.59 Å². The number of rotatable bonds is 9. The lowest BCUT2D eigenvalue weighted by Gasteiger charge is -2.41. The summed E-state index contributed by atoms with van der Waals surface area (Å²) in [5.74, 6) is 2.00. The van der Waals surface area contributed by atoms with Gasteiger partial charge in [0.2, 0.25) is 11.8 Å². The van der Waals surface area contributed by atoms with Crippen LogP contribution in [-0.2, 0) is 30.4 Å². The number of amides is 4. The van der Waals surface area contributed by atoms with Gasteiger partial charge in [0.15, 0.2) is 0 Å². The van der Waals surface area contributed by atoms with Crippen LogP contribution in [0.15, 0.2) is 48.7 Å². The minimum atomic E-state index is -0.727. The summed E-state index contributed by atoms with van der Waals surface area (Å²) < 4.78 is 21.5. The van der Waals surface area contributed by atoms with Crippen molar-refractivity contribution in [3.8, 4) is 28.1 Å². The molecular formula is C44H50N8O8. The zero-order chi connectivity index (χ0) is 41.8. The Morgan fingerprint density at radius 3 is 2.58 bits per heavy atom. The van der Waals surface area contributed by atoms with Crippen LogP contribution in [0.1, 0.15) is 75.2 Å². The lowest BCUT2D eigenvalue weighted by atomic mass is 9.88. The van der Waals surface area contributed by atoms with Crippen LogP contribution >= 0.6 is 0 Å². The van der Waals surface area contributed by atoms with Crippen molar-refractivity contribution in [3.05, 3.63) is 65.9 Å². The van der Waals surface area contributed by atoms with E-state index in [2.05, 4.69) is 57.0 Å². The van der Waals surface area contributed by atoms with Gasteiger partial charge >= 0.3 is 12.2 Å². The number of fused-ring (bicyclic) bond motifs is 7. The zero-order valence-electron chi connectivity index (χ0n) is 34.4. The lowest BCUT2D eigenvalue weighted by Crippen LogP contribution is -2.58. The molecule has 3 saturated heterocycles. The highest BCUT2D eigenvalue weighted by molar-refractivity contribution is 6.07. The van der Waals surface area contributed by atoms with Gasteiger partial charge in [-0.1, -0.05) is 32.0 Å². The van der Waals surface area contributed by atoms with Crippen molar-refractivity contribution in [3.63, 3.8) is 0 Å². The molecule has 0 saturated carbocycles. The molecule has 4 N–H and O–H groups in total. The number of methoxy groups -OCH3 is 3. The van der Waals surface area contributed by atoms with E-state index in [1.807, 2.05) is 31.0 Å². The third-order valence-electron chi connectivity index (χ3n) is 12.9. The van der Waals surface area contributed by atoms with Crippen LogP contribution in [0, 0.1) is 11.8 Å². The summed E-state index contributed by atoms with van der Waals surface area (Å²) in [6, 6.07) is 12.8. The van der Waals surface area contributed by atoms with Crippen molar-refractivity contribution >= 4 is 45.8 Å². The quantitative estimate of drug-likeness (QED) is 0.134. The molecule has 16 heteroatoms. The molecule has 0 spiro atoms. The second-order valence-corrected chi connectivity index (χ2v) is 16.5. The van der Waals surface area contributed by atoms with Crippen LogP contribution in [0.5, 0.6) is 5.75 Å². The van der Waals surface area contributed by atoms with Gasteiger partial charge in [0.1, 0.15) is 36.1 Å². The zero-order valence-corrected chi connectivity index (χ0v) is 34.4. The number of aromatic nitrogens is 4. The van der Waals surface area contributed by atoms with Gasteiger partial charge in [-0.3, -0.25) is 9.59 Å². The number of aromatic amines is 2. The normalized spacial score (nSPS) is 23.8. The molecule has 7 atom stereocenters. The van der Waals surface area contributed by atoms with Gasteiger partial charge in [-0.05, 0) is 84.4 Å². The Labute approximate surface area is 346 Å². The molecule has 3 aromatic carbocycles. The van der Waals surface area contributed by atoms with Crippen molar-refractivity contribution in [1.82, 2.24) is 40.4 Å². The minimum absolute atomic E-state index is 0.00377. The minimum Gasteiger partial charge on any atom is -0.488 e. The second-order valence-electron chi connectivity index (χ2n) is 16.5. The Morgan fingerprint density at radius 2 is 1.80 bits per heavy atom. The van der Waals surface area contributed by atoms with E-state index in [1.165, 1.54) is 14.2 Å². The van der Waals surface area contributed by atoms with Crippen molar-refractivity contribution in [2.24, 2.45) is 11.8 Å². The van der Waals surface area contributed by atoms with Gasteiger partial charge in [0.25, 0.3) is 0 Å². The Hall–Kier alpha value is -6.16. The molecule has 4 amide bonds. The summed E-state index contributed by atoms with van der Waals surface area (Å²) in [7, 11) is 4.24. The van der Waals surface area contributed by atoms with Crippen molar-refractivity contribution < 1.29 is 38.1 Å². The summed E-state index contributed by atoms with van der Waals surface area (Å²) in [4.78, 5) is 72.2. The van der Waals surface area contributed by atoms with Gasteiger partial charge in [0.05, 0.1) is 55.8 Å². The van der Waals surface area contributed by atoms with E-state index in [1.54, 1.807) is 12.0 Å². The average molecular weight is 819 g/mol. The molecule has 5 aromatic rings. The Bertz CT molecular complexity index is 2500. The molecule has 16 nitrogen and oxygen atoms in total. The lowest BCUT2D eigenvalue weighted by molar-refractivity contribution is -0.142. The molecule has 0 radical (unpaired) electrons. The molecule has 9 rings (SSSR count). The molecule has 314 valence electrons. The fourth-order valence-corrected chi connectivity index (χ4v) is 9.89. The molecule has 4 aliphatic rings. The number of nitrogens with one attached hydrogen (secondary N) is 4. The van der Waals surface area contributed by atoms with E-state index in [0.29, 0.717) is 38.4 Å². The second kappa shape index (κ2) is 15.8. The van der Waals surface area contributed by atoms with Crippen LogP contribution in [0.25, 0.3) is 44.2 Å². The number of piperidine rings is 1. The SMILES string of the molecule is CC[C@H](NC(=O)OC)C(=O)N1C[C@@H](COC)C[C@H]1c1nc2ccc3cc4c(cc3c2[nH]1)OCc1cc(-c2cnc([C@@H]3CC[C@@H]5CC(C)[C@H](NC(=O)OC)C(=O)N53)[nH]2)ccc1-4. The summed E-state index contributed by atoms with van der Waals surface area (Å²) in [6.45, 7) is 5.21. The third-order valence-corrected chi connectivity index (χ3v) is 12.9. The number of alkyl carbamates (subject to hydrolysis) is 2. The summed E-state index contributed by atoms with van der Waals surface area (Å²) in [5, 5.41) is 7.40. The average Bonchev–Trinajstić information content (AvgIpc) is 4.09. The number of hydrogen-bond donors (Lipinski definition) is 4. The number of nitrogens with zero attached hydrogens (tertiary/aromatic N) is 4. The molecule has 1 unspecified atom stereocenters. The molecular weight excluding hydrogens is 769 g/mol. The Morgan fingerprint density at radius 1 is 0.967 bits per heavy atom. The van der Waals surface area contributed by atoms with E-state index in [0.717, 1.165) is 80.6 Å². The van der Waals surface area contributed by atoms with E-state index in [-0.39, 0.29) is 41.8 Å². The predicted octanol–water partition coefficient (Wildman–Crippen LogP) is 6.13. The first-order valence-corrected chi connectivity index (χ1v) is 20.7. The summed E-state index contributed by atoms with van der Waals surface area (Å²) in [6.07, 6.45) is 4.12. The van der Waals surface area contributed by atoms with Gasteiger partial charge in [-0.25, -0.2) is 19.6 Å². The van der Waals surface area contributed by atoms with Crippen molar-refractivity contribution in [2.45, 2.75) is 82.8 Å². The standard InChI is InChI=1S/C44H50N8O8/c1-6-31(48-43(55)58-4)41(53)51-19-23(20-57-3)14-35(51)40-46-32-11-8-24-16-30-28-10-7-25(15-26(28)21-60-36(30)17-29(24)38(32)49-40)33-18-45-39(47-33)34-12-9-27-13-22(2)37(42(54)52(27)34)50-44(56)59-5/h7-8,10-11,15-18,22-23,27,31,34-35,37H,6,9,12-14,19-21H2,1-5H3,(H,45,47)(H,46,49)(H,48,55)(H,50,56)/t22?,23-,27+,31-,34-,35-,37-/m0/s1. The number of hydrogen-bond acceptors (Lipinski definition) is 10. The van der Waals surface area contributed by atoms with E-state index < -0.39 is 24.3 Å². The topological polar surface area (TPSA) is 193 Å². The first-order chi connectivity index (χ1) is 29.1. The van der Waals surface area contributed by atoms with Crippen LogP contribution in [0.3, 0.4) is 0 Å². The van der Waals surface area contributed by atoms with E-state index in [4.69, 9.17) is 28.9 Å². The predicted molar refractivity (Wildman–Crippen MR) is 221 cm³/mol. The highest BCUT2D eigenvalue weighted by Crippen LogP contribution is 2.45. The molecule has 2 aromatic heterocycles. The van der Waals surface area contributed by atoms with Gasteiger partial charge in [0, 0.05) is 36.6 Å². The highest BCUT2D eigenvalue weighted by Gasteiger charge is 2.48. The summed E-state index contributed by atoms with van der Waals surface area (Å²) >= 11 is 0.